The van der Waals surface area contributed by atoms with Crippen molar-refractivity contribution in [2.75, 3.05) is 0 Å². The minimum Gasteiger partial charge on any atom is -0.309 e. The van der Waals surface area contributed by atoms with E-state index in [4.69, 9.17) is 0 Å². The number of hydrogen-bond acceptors (Lipinski definition) is 0. The number of nitrogens with zero attached hydrogens (tertiary/aromatic N) is 1. The molecule has 8 aromatic carbocycles. The lowest BCUT2D eigenvalue weighted by molar-refractivity contribution is 0.795. The van der Waals surface area contributed by atoms with Gasteiger partial charge in [-0.05, 0) is 86.3 Å². The van der Waals surface area contributed by atoms with Crippen molar-refractivity contribution in [1.82, 2.24) is 4.57 Å². The van der Waals surface area contributed by atoms with E-state index in [0.717, 1.165) is 6.42 Å². The summed E-state index contributed by atoms with van der Waals surface area (Å²) in [6, 6.07) is 71.3. The van der Waals surface area contributed by atoms with E-state index in [9.17, 15) is 0 Å². The Morgan fingerprint density at radius 1 is 0.412 bits per heavy atom. The Balaban J connectivity index is 1.14. The van der Waals surface area contributed by atoms with Crippen LogP contribution in [0.15, 0.2) is 194 Å². The highest BCUT2D eigenvalue weighted by Gasteiger charge is 2.30. The lowest BCUT2D eigenvalue weighted by Crippen LogP contribution is -2.13. The van der Waals surface area contributed by atoms with Crippen molar-refractivity contribution >= 4 is 21.8 Å². The van der Waals surface area contributed by atoms with Gasteiger partial charge in [-0.25, -0.2) is 0 Å². The van der Waals surface area contributed by atoms with Crippen molar-refractivity contribution in [2.24, 2.45) is 0 Å². The largest absolute Gasteiger partial charge is 0.309 e. The topological polar surface area (TPSA) is 4.93 Å². The zero-order valence-electron chi connectivity index (χ0n) is 28.2. The molecule has 0 N–H and O–H groups in total. The van der Waals surface area contributed by atoms with Crippen LogP contribution in [0.2, 0.25) is 0 Å². The Hall–Kier alpha value is -6.44. The number of fused-ring (bicyclic) bond motifs is 7. The van der Waals surface area contributed by atoms with Crippen LogP contribution in [0.25, 0.3) is 72.0 Å². The molecular formula is C50H35N. The van der Waals surface area contributed by atoms with Crippen LogP contribution in [0.1, 0.15) is 22.6 Å². The summed E-state index contributed by atoms with van der Waals surface area (Å²) in [4.78, 5) is 0. The molecular weight excluding hydrogens is 615 g/mol. The fourth-order valence-corrected chi connectivity index (χ4v) is 8.33. The molecule has 1 heteroatoms. The number of aromatic nitrogens is 1. The molecule has 1 unspecified atom stereocenters. The highest BCUT2D eigenvalue weighted by atomic mass is 15.0. The standard InChI is InChI=1S/C50H35N/c1-3-12-34(13-4-1)36-22-24-38(25-23-36)47-33-41-16-7-8-19-43(41)49-45(47)30-31-46-44-20-9-10-21-48(44)51(50(46)49)42-28-26-37(27-29-42)40-18-11-17-39(32-40)35-14-5-2-6-15-35/h1-32,47H,33H2. The third kappa shape index (κ3) is 5.01. The molecule has 0 fully saturated rings. The predicted molar refractivity (Wildman–Crippen MR) is 215 cm³/mol. The maximum Gasteiger partial charge on any atom is 0.0622 e. The van der Waals surface area contributed by atoms with Crippen molar-refractivity contribution < 1.29 is 0 Å². The first-order chi connectivity index (χ1) is 25.3. The molecule has 0 aliphatic heterocycles. The summed E-state index contributed by atoms with van der Waals surface area (Å²) >= 11 is 0. The lowest BCUT2D eigenvalue weighted by Gasteiger charge is -2.29. The number of benzene rings is 8. The second-order valence-corrected chi connectivity index (χ2v) is 13.7. The van der Waals surface area contributed by atoms with Crippen molar-refractivity contribution in [1.29, 1.82) is 0 Å². The van der Waals surface area contributed by atoms with Crippen molar-refractivity contribution in [3.63, 3.8) is 0 Å². The van der Waals surface area contributed by atoms with Gasteiger partial charge in [-0.15, -0.1) is 0 Å². The van der Waals surface area contributed by atoms with Crippen LogP contribution in [0.5, 0.6) is 0 Å². The molecule has 51 heavy (non-hydrogen) atoms. The minimum atomic E-state index is 0.259. The van der Waals surface area contributed by atoms with Crippen LogP contribution in [-0.4, -0.2) is 4.57 Å². The van der Waals surface area contributed by atoms with E-state index >= 15 is 0 Å². The zero-order valence-corrected chi connectivity index (χ0v) is 28.2. The van der Waals surface area contributed by atoms with E-state index < -0.39 is 0 Å². The van der Waals surface area contributed by atoms with Crippen LogP contribution >= 0.6 is 0 Å². The average molecular weight is 650 g/mol. The maximum absolute atomic E-state index is 2.51. The van der Waals surface area contributed by atoms with Gasteiger partial charge in [-0.1, -0.05) is 170 Å². The van der Waals surface area contributed by atoms with Crippen LogP contribution in [0.4, 0.5) is 0 Å². The highest BCUT2D eigenvalue weighted by molar-refractivity contribution is 6.15. The molecule has 0 spiro atoms. The van der Waals surface area contributed by atoms with Gasteiger partial charge >= 0.3 is 0 Å². The second-order valence-electron chi connectivity index (χ2n) is 13.7. The Kier molecular flexibility index (Phi) is 7.03. The molecule has 0 bridgehead atoms. The first kappa shape index (κ1) is 29.5. The van der Waals surface area contributed by atoms with Gasteiger partial charge in [-0.2, -0.15) is 0 Å². The van der Waals surface area contributed by atoms with Gasteiger partial charge in [0.1, 0.15) is 0 Å². The quantitative estimate of drug-likeness (QED) is 0.175. The summed E-state index contributed by atoms with van der Waals surface area (Å²) in [5.41, 5.74) is 17.9. The first-order valence-corrected chi connectivity index (χ1v) is 17.9. The fraction of sp³-hybridized carbons (Fsp3) is 0.0400. The summed E-state index contributed by atoms with van der Waals surface area (Å²) in [5, 5.41) is 2.57. The van der Waals surface area contributed by atoms with Gasteiger partial charge < -0.3 is 4.57 Å². The van der Waals surface area contributed by atoms with E-state index in [-0.39, 0.29) is 5.92 Å². The van der Waals surface area contributed by atoms with E-state index in [2.05, 4.69) is 199 Å². The van der Waals surface area contributed by atoms with Gasteiger partial charge in [0.05, 0.1) is 11.0 Å². The predicted octanol–water partition coefficient (Wildman–Crippen LogP) is 13.1. The molecule has 0 amide bonds. The molecule has 1 aliphatic carbocycles. The molecule has 0 radical (unpaired) electrons. The monoisotopic (exact) mass is 649 g/mol. The smallest absolute Gasteiger partial charge is 0.0622 e. The van der Waals surface area contributed by atoms with Gasteiger partial charge in [0.25, 0.3) is 0 Å². The molecule has 240 valence electrons. The van der Waals surface area contributed by atoms with Crippen LogP contribution < -0.4 is 0 Å². The fourth-order valence-electron chi connectivity index (χ4n) is 8.33. The molecule has 10 rings (SSSR count). The van der Waals surface area contributed by atoms with E-state index in [1.807, 2.05) is 0 Å². The summed E-state index contributed by atoms with van der Waals surface area (Å²) in [6.45, 7) is 0. The van der Waals surface area contributed by atoms with E-state index in [0.29, 0.717) is 0 Å². The number of hydrogen-bond donors (Lipinski definition) is 0. The second kappa shape index (κ2) is 12.2. The molecule has 0 saturated heterocycles. The van der Waals surface area contributed by atoms with Crippen LogP contribution in [0.3, 0.4) is 0 Å². The van der Waals surface area contributed by atoms with Crippen LogP contribution in [0, 0.1) is 0 Å². The SMILES string of the molecule is c1ccc(-c2ccc(C3Cc4ccccc4-c4c3ccc3c5ccccc5n(-c5ccc(-c6cccc(-c7ccccc7)c6)cc5)c43)cc2)cc1. The molecule has 1 aliphatic rings. The van der Waals surface area contributed by atoms with Crippen molar-refractivity contribution in [2.45, 2.75) is 12.3 Å². The first-order valence-electron chi connectivity index (χ1n) is 17.9. The Morgan fingerprint density at radius 3 is 1.73 bits per heavy atom. The van der Waals surface area contributed by atoms with Crippen LogP contribution in [-0.2, 0) is 6.42 Å². The molecule has 0 saturated carbocycles. The lowest BCUT2D eigenvalue weighted by atomic mass is 9.75. The third-order valence-corrected chi connectivity index (χ3v) is 10.8. The Labute approximate surface area is 298 Å². The van der Waals surface area contributed by atoms with Crippen molar-refractivity contribution in [3.8, 4) is 50.2 Å². The molecule has 1 aromatic heterocycles. The Morgan fingerprint density at radius 2 is 0.980 bits per heavy atom. The zero-order chi connectivity index (χ0) is 33.7. The van der Waals surface area contributed by atoms with Crippen molar-refractivity contribution in [3.05, 3.63) is 211 Å². The summed E-state index contributed by atoms with van der Waals surface area (Å²) in [5.74, 6) is 0.259. The Bertz CT molecular complexity index is 2680. The van der Waals surface area contributed by atoms with Gasteiger partial charge in [0.15, 0.2) is 0 Å². The number of para-hydroxylation sites is 1. The summed E-state index contributed by atoms with van der Waals surface area (Å²) in [7, 11) is 0. The molecule has 1 nitrogen and oxygen atoms in total. The van der Waals surface area contributed by atoms with Gasteiger partial charge in [0.2, 0.25) is 0 Å². The summed E-state index contributed by atoms with van der Waals surface area (Å²) in [6.07, 6.45) is 0.982. The third-order valence-electron chi connectivity index (χ3n) is 10.8. The maximum atomic E-state index is 2.51. The summed E-state index contributed by atoms with van der Waals surface area (Å²) < 4.78 is 2.51. The minimum absolute atomic E-state index is 0.259. The van der Waals surface area contributed by atoms with Gasteiger partial charge in [-0.3, -0.25) is 0 Å². The molecule has 1 heterocycles. The van der Waals surface area contributed by atoms with Gasteiger partial charge in [0, 0.05) is 27.9 Å². The normalized spacial score (nSPS) is 13.6. The molecule has 9 aromatic rings. The molecule has 1 atom stereocenters. The van der Waals surface area contributed by atoms with E-state index in [1.54, 1.807) is 0 Å². The highest BCUT2D eigenvalue weighted by Crippen LogP contribution is 2.48. The van der Waals surface area contributed by atoms with E-state index in [1.165, 1.54) is 88.7 Å². The number of rotatable bonds is 5. The average Bonchev–Trinajstić information content (AvgIpc) is 3.56.